The Kier molecular flexibility index (Phi) is 68.2. The highest BCUT2D eigenvalue weighted by Gasteiger charge is 2.51. The zero-order chi connectivity index (χ0) is 74.4. The molecule has 9 N–H and O–H groups in total. The van der Waals surface area contributed by atoms with Crippen LogP contribution in [0.15, 0.2) is 60.8 Å². The molecule has 0 saturated carbocycles. The zero-order valence-electron chi connectivity index (χ0n) is 66.6. The Balaban J connectivity index is 1.54. The quantitative estimate of drug-likeness (QED) is 0.0204. The molecule has 604 valence electrons. The number of ether oxygens (including phenoxy) is 4. The van der Waals surface area contributed by atoms with Crippen molar-refractivity contribution in [3.05, 3.63) is 60.8 Å². The van der Waals surface area contributed by atoms with E-state index < -0.39 is 86.8 Å². The van der Waals surface area contributed by atoms with Crippen molar-refractivity contribution < 1.29 is 64.6 Å². The van der Waals surface area contributed by atoms with Crippen LogP contribution in [0.1, 0.15) is 406 Å². The van der Waals surface area contributed by atoms with E-state index in [1.807, 2.05) is 0 Å². The summed E-state index contributed by atoms with van der Waals surface area (Å²) in [7, 11) is 0. The minimum atomic E-state index is -1.78. The molecule has 2 saturated heterocycles. The highest BCUT2D eigenvalue weighted by Crippen LogP contribution is 2.31. The third-order valence-electron chi connectivity index (χ3n) is 21.5. The van der Waals surface area contributed by atoms with Crippen LogP contribution in [0.2, 0.25) is 0 Å². The van der Waals surface area contributed by atoms with Crippen LogP contribution in [0.3, 0.4) is 0 Å². The summed E-state index contributed by atoms with van der Waals surface area (Å²) in [6.45, 7) is 2.82. The first-order chi connectivity index (χ1) is 50.6. The predicted molar refractivity (Wildman–Crippen MR) is 429 cm³/mol. The molecule has 2 aliphatic heterocycles. The standard InChI is InChI=1S/C89H165NO13/c1-3-5-7-9-11-13-15-17-19-21-23-25-27-29-31-33-34-35-36-37-38-39-40-41-42-43-44-45-47-49-51-53-55-57-59-61-63-65-67-69-71-73-81(94)90-77(76-100-88-86(99)84(97)87(80(75-92)102-88)103-89-85(98)83(96)82(95)79(74-91)101-89)78(93)72-70-68-66-64-62-60-58-56-54-52-50-48-46-32-30-28-26-24-22-20-18-16-14-12-10-8-6-4-2/h5,7,11,13,17,19,23,25,29,31,77-80,82-89,91-93,95-99H,3-4,6,8-10,12,14-16,18,20-22,24,26-28,30,32-76H2,1-2H3,(H,90,94)/b7-5-,13-11-,19-17-,25-23-,31-29-. The van der Waals surface area contributed by atoms with Gasteiger partial charge in [0.2, 0.25) is 5.91 Å². The fourth-order valence-corrected chi connectivity index (χ4v) is 14.6. The van der Waals surface area contributed by atoms with E-state index >= 15 is 0 Å². The Bertz CT molecular complexity index is 1960. The van der Waals surface area contributed by atoms with Crippen molar-refractivity contribution in [2.24, 2.45) is 0 Å². The van der Waals surface area contributed by atoms with Gasteiger partial charge in [0.1, 0.15) is 48.8 Å². The van der Waals surface area contributed by atoms with Gasteiger partial charge in [0, 0.05) is 6.42 Å². The fraction of sp³-hybridized carbons (Fsp3) is 0.876. The largest absolute Gasteiger partial charge is 0.394 e. The van der Waals surface area contributed by atoms with Crippen LogP contribution in [0.4, 0.5) is 0 Å². The van der Waals surface area contributed by atoms with Crippen LogP contribution >= 0.6 is 0 Å². The van der Waals surface area contributed by atoms with Gasteiger partial charge in [0.25, 0.3) is 0 Å². The Morgan fingerprint density at radius 1 is 0.359 bits per heavy atom. The molecule has 12 unspecified atom stereocenters. The highest BCUT2D eigenvalue weighted by molar-refractivity contribution is 5.76. The molecule has 2 rings (SSSR count). The average molecular weight is 1460 g/mol. The topological polar surface area (TPSA) is 228 Å². The summed E-state index contributed by atoms with van der Waals surface area (Å²) >= 11 is 0. The number of nitrogens with one attached hydrogen (secondary N) is 1. The van der Waals surface area contributed by atoms with Gasteiger partial charge >= 0.3 is 0 Å². The summed E-state index contributed by atoms with van der Waals surface area (Å²) < 4.78 is 23.0. The fourth-order valence-electron chi connectivity index (χ4n) is 14.6. The van der Waals surface area contributed by atoms with Crippen molar-refractivity contribution in [2.75, 3.05) is 19.8 Å². The second-order valence-electron chi connectivity index (χ2n) is 31.0. The Morgan fingerprint density at radius 3 is 1.03 bits per heavy atom. The number of carbonyl (C=O) groups is 1. The lowest BCUT2D eigenvalue weighted by atomic mass is 9.97. The molecule has 0 spiro atoms. The van der Waals surface area contributed by atoms with Crippen LogP contribution < -0.4 is 5.32 Å². The maximum atomic E-state index is 13.4. The van der Waals surface area contributed by atoms with E-state index in [2.05, 4.69) is 79.9 Å². The summed E-state index contributed by atoms with van der Waals surface area (Å²) in [4.78, 5) is 13.4. The summed E-state index contributed by atoms with van der Waals surface area (Å²) in [6.07, 6.45) is 82.9. The molecule has 0 aromatic heterocycles. The zero-order valence-corrected chi connectivity index (χ0v) is 66.6. The molecule has 103 heavy (non-hydrogen) atoms. The highest BCUT2D eigenvalue weighted by atomic mass is 16.7. The van der Waals surface area contributed by atoms with Crippen molar-refractivity contribution in [1.82, 2.24) is 5.32 Å². The van der Waals surface area contributed by atoms with Crippen LogP contribution in [-0.4, -0.2) is 140 Å². The van der Waals surface area contributed by atoms with Gasteiger partial charge in [-0.3, -0.25) is 4.79 Å². The van der Waals surface area contributed by atoms with Gasteiger partial charge in [-0.05, 0) is 57.8 Å². The minimum Gasteiger partial charge on any atom is -0.394 e. The van der Waals surface area contributed by atoms with E-state index in [1.54, 1.807) is 0 Å². The van der Waals surface area contributed by atoms with Gasteiger partial charge in [0.15, 0.2) is 12.6 Å². The molecule has 2 aliphatic rings. The van der Waals surface area contributed by atoms with Crippen molar-refractivity contribution in [3.8, 4) is 0 Å². The number of allylic oxidation sites excluding steroid dienone is 10. The molecule has 12 atom stereocenters. The van der Waals surface area contributed by atoms with E-state index in [0.29, 0.717) is 12.8 Å². The number of aliphatic hydroxyl groups is 8. The molecule has 0 aromatic rings. The molecule has 0 aliphatic carbocycles. The van der Waals surface area contributed by atoms with Crippen LogP contribution in [-0.2, 0) is 23.7 Å². The van der Waals surface area contributed by atoms with Crippen LogP contribution in [0.5, 0.6) is 0 Å². The molecule has 2 heterocycles. The van der Waals surface area contributed by atoms with Gasteiger partial charge in [-0.2, -0.15) is 0 Å². The second kappa shape index (κ2) is 72.5. The molecular formula is C89H165NO13. The van der Waals surface area contributed by atoms with Crippen LogP contribution in [0.25, 0.3) is 0 Å². The summed E-state index contributed by atoms with van der Waals surface area (Å²) in [6, 6.07) is -0.830. The number of amides is 1. The van der Waals surface area contributed by atoms with Gasteiger partial charge in [-0.1, -0.05) is 402 Å². The molecule has 1 amide bonds. The SMILES string of the molecule is CC/C=C\C/C=C\C/C=C\C/C=C\C/C=C\CCCCCCCCCCCCCCCCCCCCCCCCCCCC(=O)NC(COC1OC(CO)C(OC2OC(CO)C(O)C(O)C2O)C(O)C1O)C(O)CCCCCCCCCCCCCCCCCCCCCCCCCCCCCC. The normalized spacial score (nSPS) is 21.8. The summed E-state index contributed by atoms with van der Waals surface area (Å²) in [5.74, 6) is -0.197. The van der Waals surface area contributed by atoms with E-state index in [0.717, 1.165) is 83.5 Å². The number of rotatable bonds is 75. The van der Waals surface area contributed by atoms with Gasteiger partial charge in [0.05, 0.1) is 32.0 Å². The Labute approximate surface area is 632 Å². The Hall–Kier alpha value is -2.31. The van der Waals surface area contributed by atoms with Crippen molar-refractivity contribution in [1.29, 1.82) is 0 Å². The maximum absolute atomic E-state index is 13.4. The number of unbranched alkanes of at least 4 members (excludes halogenated alkanes) is 52. The number of hydrogen-bond donors (Lipinski definition) is 9. The number of aliphatic hydroxyl groups excluding tert-OH is 8. The lowest BCUT2D eigenvalue weighted by Crippen LogP contribution is -2.65. The molecule has 14 heteroatoms. The first kappa shape index (κ1) is 96.8. The third-order valence-corrected chi connectivity index (χ3v) is 21.5. The van der Waals surface area contributed by atoms with Gasteiger partial charge < -0.3 is 65.1 Å². The van der Waals surface area contributed by atoms with E-state index in [9.17, 15) is 45.6 Å². The number of carbonyl (C=O) groups excluding carboxylic acids is 1. The predicted octanol–water partition coefficient (Wildman–Crippen LogP) is 21.1. The average Bonchev–Trinajstić information content (AvgIpc) is 0.791. The Morgan fingerprint density at radius 2 is 0.670 bits per heavy atom. The lowest BCUT2D eigenvalue weighted by molar-refractivity contribution is -0.359. The minimum absolute atomic E-state index is 0.197. The summed E-state index contributed by atoms with van der Waals surface area (Å²) in [5, 5.41) is 88.0. The monoisotopic (exact) mass is 1460 g/mol. The first-order valence-corrected chi connectivity index (χ1v) is 44.0. The van der Waals surface area contributed by atoms with Crippen LogP contribution in [0, 0.1) is 0 Å². The van der Waals surface area contributed by atoms with E-state index in [1.165, 1.54) is 295 Å². The van der Waals surface area contributed by atoms with Crippen molar-refractivity contribution >= 4 is 5.91 Å². The third kappa shape index (κ3) is 54.9. The number of hydrogen-bond acceptors (Lipinski definition) is 13. The molecule has 0 radical (unpaired) electrons. The van der Waals surface area contributed by atoms with E-state index in [-0.39, 0.29) is 12.5 Å². The maximum Gasteiger partial charge on any atom is 0.220 e. The van der Waals surface area contributed by atoms with Gasteiger partial charge in [-0.25, -0.2) is 0 Å². The van der Waals surface area contributed by atoms with E-state index in [4.69, 9.17) is 18.9 Å². The molecule has 0 bridgehead atoms. The molecular weight excluding hydrogens is 1290 g/mol. The van der Waals surface area contributed by atoms with Gasteiger partial charge in [-0.15, -0.1) is 0 Å². The smallest absolute Gasteiger partial charge is 0.220 e. The van der Waals surface area contributed by atoms with Crippen molar-refractivity contribution in [3.63, 3.8) is 0 Å². The molecule has 0 aromatic carbocycles. The molecule has 14 nitrogen and oxygen atoms in total. The summed E-state index contributed by atoms with van der Waals surface area (Å²) in [5.41, 5.74) is 0. The molecule has 2 fully saturated rings. The second-order valence-corrected chi connectivity index (χ2v) is 31.0. The van der Waals surface area contributed by atoms with Crippen molar-refractivity contribution in [2.45, 2.75) is 479 Å². The first-order valence-electron chi connectivity index (χ1n) is 44.0. The lowest BCUT2D eigenvalue weighted by Gasteiger charge is -2.46.